The highest BCUT2D eigenvalue weighted by atomic mass is 35.5. The Labute approximate surface area is 63.2 Å². The van der Waals surface area contributed by atoms with E-state index in [4.69, 9.17) is 34.0 Å². The van der Waals surface area contributed by atoms with Gasteiger partial charge in [0.05, 0.1) is 0 Å². The Morgan fingerprint density at radius 1 is 1.11 bits per heavy atom. The maximum atomic E-state index is 6.95. The molecule has 1 fully saturated rings. The molecule has 0 saturated heterocycles. The highest BCUT2D eigenvalue weighted by Gasteiger charge is 2.42. The molecule has 2 N–H and O–H groups in total. The van der Waals surface area contributed by atoms with Gasteiger partial charge in [0.25, 0.3) is 0 Å². The SMILES string of the molecule is N=C(Cl)C1CC1C(=N)Cl. The van der Waals surface area contributed by atoms with Gasteiger partial charge >= 0.3 is 0 Å². The monoisotopic (exact) mass is 164 g/mol. The van der Waals surface area contributed by atoms with Crippen molar-refractivity contribution in [2.75, 3.05) is 0 Å². The van der Waals surface area contributed by atoms with E-state index < -0.39 is 0 Å². The van der Waals surface area contributed by atoms with E-state index >= 15 is 0 Å². The van der Waals surface area contributed by atoms with Crippen LogP contribution in [-0.2, 0) is 0 Å². The van der Waals surface area contributed by atoms with Crippen LogP contribution in [0.2, 0.25) is 0 Å². The first-order valence-electron chi connectivity index (χ1n) is 2.61. The molecule has 50 valence electrons. The summed E-state index contributed by atoms with van der Waals surface area (Å²) in [6, 6.07) is 0. The molecule has 4 heteroatoms. The lowest BCUT2D eigenvalue weighted by Crippen LogP contribution is -1.95. The van der Waals surface area contributed by atoms with Crippen molar-refractivity contribution in [3.8, 4) is 0 Å². The minimum atomic E-state index is 0.0525. The number of halogens is 2. The normalized spacial score (nSPS) is 31.8. The van der Waals surface area contributed by atoms with Crippen LogP contribution in [0.25, 0.3) is 0 Å². The van der Waals surface area contributed by atoms with Crippen LogP contribution in [0.15, 0.2) is 0 Å². The average molecular weight is 165 g/mol. The fraction of sp³-hybridized carbons (Fsp3) is 0.600. The van der Waals surface area contributed by atoms with Crippen LogP contribution in [0.1, 0.15) is 6.42 Å². The fourth-order valence-electron chi connectivity index (χ4n) is 0.755. The molecule has 1 aliphatic rings. The Bertz CT molecular complexity index is 148. The van der Waals surface area contributed by atoms with Crippen molar-refractivity contribution < 1.29 is 0 Å². The zero-order valence-corrected chi connectivity index (χ0v) is 6.13. The summed E-state index contributed by atoms with van der Waals surface area (Å²) in [5.41, 5.74) is 0. The van der Waals surface area contributed by atoms with Gasteiger partial charge in [-0.25, -0.2) is 0 Å². The number of rotatable bonds is 2. The third-order valence-electron chi connectivity index (χ3n) is 1.44. The fourth-order valence-corrected chi connectivity index (χ4v) is 1.24. The van der Waals surface area contributed by atoms with Crippen molar-refractivity contribution in [1.82, 2.24) is 0 Å². The molecule has 0 aromatic heterocycles. The van der Waals surface area contributed by atoms with Crippen LogP contribution in [0.3, 0.4) is 0 Å². The van der Waals surface area contributed by atoms with Gasteiger partial charge in [-0.1, -0.05) is 23.2 Å². The molecule has 0 bridgehead atoms. The van der Waals surface area contributed by atoms with Gasteiger partial charge in [-0.05, 0) is 6.42 Å². The van der Waals surface area contributed by atoms with Crippen molar-refractivity contribution in [2.45, 2.75) is 6.42 Å². The Kier molecular flexibility index (Phi) is 1.78. The van der Waals surface area contributed by atoms with Crippen LogP contribution >= 0.6 is 23.2 Å². The number of hydrogen-bond acceptors (Lipinski definition) is 2. The number of nitrogens with one attached hydrogen (secondary N) is 2. The molecule has 0 spiro atoms. The molecule has 1 aliphatic carbocycles. The molecule has 2 atom stereocenters. The van der Waals surface area contributed by atoms with Crippen LogP contribution in [0, 0.1) is 22.7 Å². The Morgan fingerprint density at radius 3 is 1.56 bits per heavy atom. The van der Waals surface area contributed by atoms with Gasteiger partial charge in [-0.15, -0.1) is 0 Å². The van der Waals surface area contributed by atoms with Gasteiger partial charge in [0.2, 0.25) is 0 Å². The zero-order valence-electron chi connectivity index (χ0n) is 4.62. The maximum Gasteiger partial charge on any atom is 0.101 e. The third kappa shape index (κ3) is 1.43. The van der Waals surface area contributed by atoms with Crippen molar-refractivity contribution in [3.05, 3.63) is 0 Å². The summed E-state index contributed by atoms with van der Waals surface area (Å²) in [7, 11) is 0. The Hall–Kier alpha value is -0.0800. The predicted octanol–water partition coefficient (Wildman–Crippen LogP) is 2.05. The summed E-state index contributed by atoms with van der Waals surface area (Å²) < 4.78 is 0. The molecule has 2 unspecified atom stereocenters. The van der Waals surface area contributed by atoms with Gasteiger partial charge in [0.15, 0.2) is 0 Å². The van der Waals surface area contributed by atoms with Gasteiger partial charge < -0.3 is 0 Å². The molecule has 0 amide bonds. The lowest BCUT2D eigenvalue weighted by atomic mass is 10.3. The van der Waals surface area contributed by atoms with Gasteiger partial charge in [0, 0.05) is 11.8 Å². The van der Waals surface area contributed by atoms with E-state index in [2.05, 4.69) is 0 Å². The third-order valence-corrected chi connectivity index (χ3v) is 2.00. The van der Waals surface area contributed by atoms with E-state index in [1.165, 1.54) is 0 Å². The zero-order chi connectivity index (χ0) is 7.02. The van der Waals surface area contributed by atoms with E-state index in [1.807, 2.05) is 0 Å². The molecule has 1 saturated carbocycles. The lowest BCUT2D eigenvalue weighted by Gasteiger charge is -1.88. The van der Waals surface area contributed by atoms with Crippen molar-refractivity contribution in [1.29, 1.82) is 10.8 Å². The smallest absolute Gasteiger partial charge is 0.101 e. The van der Waals surface area contributed by atoms with Crippen LogP contribution in [0.5, 0.6) is 0 Å². The molecule has 0 radical (unpaired) electrons. The lowest BCUT2D eigenvalue weighted by molar-refractivity contribution is 1.09. The highest BCUT2D eigenvalue weighted by Crippen LogP contribution is 2.41. The molecule has 0 aromatic rings. The highest BCUT2D eigenvalue weighted by molar-refractivity contribution is 6.68. The molecule has 0 heterocycles. The first kappa shape index (κ1) is 7.03. The topological polar surface area (TPSA) is 47.7 Å². The summed E-state index contributed by atoms with van der Waals surface area (Å²) in [6.07, 6.45) is 0.782. The molecular weight excluding hydrogens is 159 g/mol. The predicted molar refractivity (Wildman–Crippen MR) is 38.8 cm³/mol. The number of hydrogen-bond donors (Lipinski definition) is 2. The van der Waals surface area contributed by atoms with Crippen LogP contribution < -0.4 is 0 Å². The van der Waals surface area contributed by atoms with Crippen LogP contribution in [0.4, 0.5) is 0 Å². The summed E-state index contributed by atoms with van der Waals surface area (Å²) >= 11 is 10.7. The van der Waals surface area contributed by atoms with Crippen molar-refractivity contribution in [2.24, 2.45) is 11.8 Å². The maximum absolute atomic E-state index is 6.95. The van der Waals surface area contributed by atoms with Crippen molar-refractivity contribution >= 4 is 33.5 Å². The summed E-state index contributed by atoms with van der Waals surface area (Å²) in [5, 5.41) is 14.2. The second-order valence-electron chi connectivity index (χ2n) is 2.14. The van der Waals surface area contributed by atoms with Gasteiger partial charge in [0.1, 0.15) is 10.3 Å². The quantitative estimate of drug-likeness (QED) is 0.588. The van der Waals surface area contributed by atoms with Gasteiger partial charge in [-0.3, -0.25) is 10.8 Å². The first-order valence-corrected chi connectivity index (χ1v) is 3.36. The van der Waals surface area contributed by atoms with E-state index in [1.54, 1.807) is 0 Å². The first-order chi connectivity index (χ1) is 4.13. The average Bonchev–Trinajstić information content (AvgIpc) is 2.39. The second-order valence-corrected chi connectivity index (χ2v) is 2.96. The molecule has 0 aliphatic heterocycles. The Morgan fingerprint density at radius 2 is 1.44 bits per heavy atom. The summed E-state index contributed by atoms with van der Waals surface area (Å²) in [4.78, 5) is 0. The van der Waals surface area contributed by atoms with E-state index in [0.717, 1.165) is 6.42 Å². The second kappa shape index (κ2) is 2.27. The Balaban J connectivity index is 2.42. The summed E-state index contributed by atoms with van der Waals surface area (Å²) in [6.45, 7) is 0. The van der Waals surface area contributed by atoms with E-state index in [9.17, 15) is 0 Å². The molecule has 0 aromatic carbocycles. The summed E-state index contributed by atoms with van der Waals surface area (Å²) in [5.74, 6) is 0.105. The minimum Gasteiger partial charge on any atom is -0.293 e. The van der Waals surface area contributed by atoms with Crippen LogP contribution in [-0.4, -0.2) is 10.3 Å². The minimum absolute atomic E-state index is 0.0525. The van der Waals surface area contributed by atoms with E-state index in [-0.39, 0.29) is 22.2 Å². The standard InChI is InChI=1S/C5H6Cl2N2/c6-4(8)2-1-3(2)5(7)9/h2-3,8-9H,1H2. The molecule has 9 heavy (non-hydrogen) atoms. The largest absolute Gasteiger partial charge is 0.293 e. The molecular formula is C5H6Cl2N2. The van der Waals surface area contributed by atoms with Crippen molar-refractivity contribution in [3.63, 3.8) is 0 Å². The van der Waals surface area contributed by atoms with Gasteiger partial charge in [-0.2, -0.15) is 0 Å². The molecule has 2 nitrogen and oxygen atoms in total. The molecule has 1 rings (SSSR count). The van der Waals surface area contributed by atoms with E-state index in [0.29, 0.717) is 0 Å².